The van der Waals surface area contributed by atoms with E-state index < -0.39 is 0 Å². The number of rotatable bonds is 4. The first-order chi connectivity index (χ1) is 4.41. The third kappa shape index (κ3) is 43.1. The minimum absolute atomic E-state index is 0. The van der Waals surface area contributed by atoms with Crippen LogP contribution in [0.25, 0.3) is 0 Å². The molecule has 0 N–H and O–H groups in total. The van der Waals surface area contributed by atoms with Gasteiger partial charge in [0.25, 0.3) is 0 Å². The Bertz CT molecular complexity index is 36.2. The zero-order chi connectivity index (χ0) is 7.54. The second-order valence-corrected chi connectivity index (χ2v) is 1.64. The van der Waals surface area contributed by atoms with Crippen molar-refractivity contribution in [3.63, 3.8) is 0 Å². The summed E-state index contributed by atoms with van der Waals surface area (Å²) in [5.41, 5.74) is 0. The number of halogens is 1. The summed E-state index contributed by atoms with van der Waals surface area (Å²) in [6.07, 6.45) is 5.04. The third-order valence-electron chi connectivity index (χ3n) is 0.908. The summed E-state index contributed by atoms with van der Waals surface area (Å²) in [4.78, 5) is 0. The van der Waals surface area contributed by atoms with Crippen LogP contribution in [0, 0.1) is 7.43 Å². The molecule has 0 unspecified atom stereocenters. The van der Waals surface area contributed by atoms with E-state index in [0.717, 1.165) is 25.5 Å². The molecule has 0 aliphatic heterocycles. The molecule has 0 rings (SSSR count). The predicted molar refractivity (Wildman–Crippen MR) is 52.7 cm³/mol. The molecular weight excluding hydrogens is 205 g/mol. The molecule has 0 heterocycles. The van der Waals surface area contributed by atoms with E-state index >= 15 is 0 Å². The Morgan fingerprint density at radius 2 is 1.08 bits per heavy atom. The van der Waals surface area contributed by atoms with Gasteiger partial charge in [0.2, 0.25) is 0 Å². The van der Waals surface area contributed by atoms with Crippen LogP contribution in [0.2, 0.25) is 12.6 Å². The van der Waals surface area contributed by atoms with Crippen LogP contribution in [-0.4, -0.2) is 15.7 Å². The molecule has 0 amide bonds. The molecule has 0 saturated heterocycles. The van der Waals surface area contributed by atoms with Gasteiger partial charge in [-0.1, -0.05) is 45.8 Å². The zero-order valence-electron chi connectivity index (χ0n) is 9.07. The van der Waals surface area contributed by atoms with Gasteiger partial charge < -0.3 is 24.4 Å². The Balaban J connectivity index is -0.0000000303. The topological polar surface area (TPSA) is 0 Å². The minimum Gasteiger partial charge on any atom is -1.00 e. The summed E-state index contributed by atoms with van der Waals surface area (Å²) in [6, 6.07) is 0. The Hall–Kier alpha value is 1.21. The predicted octanol–water partition coefficient (Wildman–Crippen LogP) is -3.19. The van der Waals surface area contributed by atoms with Crippen molar-refractivity contribution in [2.24, 2.45) is 0 Å². The van der Waals surface area contributed by atoms with Gasteiger partial charge in [0.05, 0.1) is 15.7 Å². The molecule has 0 aromatic rings. The fourth-order valence-corrected chi connectivity index (χ4v) is 0.465. The van der Waals surface area contributed by atoms with E-state index in [1.54, 1.807) is 0 Å². The van der Waals surface area contributed by atoms with Crippen LogP contribution in [0.1, 0.15) is 33.1 Å². The fourth-order valence-electron chi connectivity index (χ4n) is 0.465. The van der Waals surface area contributed by atoms with Crippen molar-refractivity contribution < 1.29 is 35.8 Å². The van der Waals surface area contributed by atoms with E-state index in [1.807, 2.05) is 13.8 Å². The molecule has 12 heavy (non-hydrogen) atoms. The fraction of sp³-hybridized carbons (Fsp3) is 0.875. The number of hydrogen-bond donors (Lipinski definition) is 0. The van der Waals surface area contributed by atoms with Crippen molar-refractivity contribution in [2.45, 2.75) is 45.8 Å². The average Bonchev–Trinajstić information content (AvgIpc) is 1.94. The van der Waals surface area contributed by atoms with Gasteiger partial charge >= 0.3 is 18.9 Å². The first-order valence-electron chi connectivity index (χ1n) is 3.82. The van der Waals surface area contributed by atoms with Crippen LogP contribution >= 0.6 is 0 Å². The van der Waals surface area contributed by atoms with E-state index in [1.165, 1.54) is 6.42 Å². The van der Waals surface area contributed by atoms with Crippen LogP contribution in [0.15, 0.2) is 0 Å². The molecule has 0 aliphatic rings. The van der Waals surface area contributed by atoms with E-state index in [9.17, 15) is 0 Å². The van der Waals surface area contributed by atoms with Crippen molar-refractivity contribution in [1.29, 1.82) is 0 Å². The van der Waals surface area contributed by atoms with E-state index in [-0.39, 0.29) is 43.3 Å². The zero-order valence-corrected chi connectivity index (χ0v) is 10.7. The van der Waals surface area contributed by atoms with Crippen molar-refractivity contribution >= 4 is 15.7 Å². The molecule has 0 fully saturated rings. The number of unbranched alkanes of at least 4 members (excludes halogenated alkanes) is 2. The molecule has 0 aromatic heterocycles. The molecule has 4 radical (unpaired) electrons. The monoisotopic (exact) mass is 223 g/mol. The van der Waals surface area contributed by atoms with E-state index in [2.05, 4.69) is 0 Å². The molecule has 0 saturated carbocycles. The van der Waals surface area contributed by atoms with Gasteiger partial charge in [-0.3, -0.25) is 0 Å². The van der Waals surface area contributed by atoms with Crippen LogP contribution in [-0.2, 0) is 0 Å². The quantitative estimate of drug-likeness (QED) is 0.268. The van der Waals surface area contributed by atoms with Crippen molar-refractivity contribution in [1.82, 2.24) is 0 Å². The van der Waals surface area contributed by atoms with Gasteiger partial charge in [-0.15, -0.1) is 0 Å². The van der Waals surface area contributed by atoms with Crippen LogP contribution < -0.4 is 35.8 Å². The molecule has 0 spiro atoms. The molecule has 0 nitrogen and oxygen atoms in total. The Kier molecular flexibility index (Phi) is 96.9. The average molecular weight is 224 g/mol. The van der Waals surface area contributed by atoms with Gasteiger partial charge in [-0.2, -0.15) is 0 Å². The summed E-state index contributed by atoms with van der Waals surface area (Å²) in [5.74, 6) is 0. The second-order valence-electron chi connectivity index (χ2n) is 1.64. The maximum Gasteiger partial charge on any atom is 1.00 e. The van der Waals surface area contributed by atoms with Crippen LogP contribution in [0.4, 0.5) is 0 Å². The first-order valence-corrected chi connectivity index (χ1v) is 3.82. The summed E-state index contributed by atoms with van der Waals surface area (Å²) in [7, 11) is 10.5. The smallest absolute Gasteiger partial charge is 1.00 e. The van der Waals surface area contributed by atoms with Gasteiger partial charge in [0.1, 0.15) is 0 Å². The molecule has 0 atom stereocenters. The summed E-state index contributed by atoms with van der Waals surface area (Å²) < 4.78 is 0. The minimum atomic E-state index is 0. The molecule has 0 aromatic carbocycles. The molecule has 0 aliphatic carbocycles. The second kappa shape index (κ2) is 39.8. The van der Waals surface area contributed by atoms with Gasteiger partial charge in [-0.05, 0) is 0 Å². The Morgan fingerprint density at radius 1 is 0.833 bits per heavy atom. The standard InChI is InChI=1S/C5H10B2.C2H6.CH3.BrH.Li/c6-4-2-1-3-5-7;1-2;;;/h1-5H2;1-2H3;1H3;1H;/q;;-1;;+1/p-1. The normalized spacial score (nSPS) is 5.83. The van der Waals surface area contributed by atoms with Gasteiger partial charge in [0.15, 0.2) is 0 Å². The van der Waals surface area contributed by atoms with E-state index in [4.69, 9.17) is 15.7 Å². The van der Waals surface area contributed by atoms with Gasteiger partial charge in [0, 0.05) is 0 Å². The molecule has 66 valence electrons. The SMILES string of the molecule is CC.[B]CCCCC[B].[Br-].[CH3-].[Li+]. The molecule has 4 heteroatoms. The van der Waals surface area contributed by atoms with Gasteiger partial charge in [-0.25, -0.2) is 0 Å². The number of hydrogen-bond acceptors (Lipinski definition) is 0. The Labute approximate surface area is 104 Å². The van der Waals surface area contributed by atoms with Crippen molar-refractivity contribution in [3.8, 4) is 0 Å². The van der Waals surface area contributed by atoms with E-state index in [0.29, 0.717) is 0 Å². The van der Waals surface area contributed by atoms with Crippen LogP contribution in [0.3, 0.4) is 0 Å². The Morgan fingerprint density at radius 3 is 1.25 bits per heavy atom. The summed E-state index contributed by atoms with van der Waals surface area (Å²) in [6.45, 7) is 4.00. The summed E-state index contributed by atoms with van der Waals surface area (Å²) >= 11 is 0. The molecular formula is C8H19B2BrLi-. The largest absolute Gasteiger partial charge is 1.00 e. The maximum absolute atomic E-state index is 5.23. The molecule has 0 bridgehead atoms. The van der Waals surface area contributed by atoms with Crippen LogP contribution in [0.5, 0.6) is 0 Å². The van der Waals surface area contributed by atoms with Crippen molar-refractivity contribution in [2.75, 3.05) is 0 Å². The third-order valence-corrected chi connectivity index (χ3v) is 0.908. The maximum atomic E-state index is 5.23. The van der Waals surface area contributed by atoms with Crippen molar-refractivity contribution in [3.05, 3.63) is 7.43 Å². The summed E-state index contributed by atoms with van der Waals surface area (Å²) in [5, 5.41) is 0. The first kappa shape index (κ1) is 29.2.